The Morgan fingerprint density at radius 1 is 1.32 bits per heavy atom. The molecule has 104 valence electrons. The van der Waals surface area contributed by atoms with Gasteiger partial charge in [0, 0.05) is 18.0 Å². The van der Waals surface area contributed by atoms with Crippen LogP contribution in [-0.4, -0.2) is 42.4 Å². The molecule has 1 saturated heterocycles. The fourth-order valence-electron chi connectivity index (χ4n) is 2.22. The van der Waals surface area contributed by atoms with Crippen LogP contribution in [0.25, 0.3) is 0 Å². The largest absolute Gasteiger partial charge is 0.379 e. The van der Waals surface area contributed by atoms with Crippen LogP contribution in [0.5, 0.6) is 0 Å². The van der Waals surface area contributed by atoms with Gasteiger partial charge in [-0.15, -0.1) is 0 Å². The molecule has 1 unspecified atom stereocenters. The highest BCUT2D eigenvalue weighted by Gasteiger charge is 2.24. The molecule has 3 nitrogen and oxygen atoms in total. The number of nitrogens with zero attached hydrogens (tertiary/aromatic N) is 1. The molecule has 0 radical (unpaired) electrons. The van der Waals surface area contributed by atoms with E-state index in [1.165, 1.54) is 22.9 Å². The zero-order valence-electron chi connectivity index (χ0n) is 11.8. The molecule has 1 aromatic carbocycles. The summed E-state index contributed by atoms with van der Waals surface area (Å²) >= 11 is 1.36. The van der Waals surface area contributed by atoms with Crippen molar-refractivity contribution in [2.45, 2.75) is 31.7 Å². The summed E-state index contributed by atoms with van der Waals surface area (Å²) in [5.74, 6) is 0. The van der Waals surface area contributed by atoms with Crippen LogP contribution in [0.2, 0.25) is 0 Å². The third kappa shape index (κ3) is 3.81. The minimum Gasteiger partial charge on any atom is -0.379 e. The van der Waals surface area contributed by atoms with Crippen molar-refractivity contribution in [3.8, 4) is 0 Å². The van der Waals surface area contributed by atoms with E-state index in [4.69, 9.17) is 4.74 Å². The van der Waals surface area contributed by atoms with Crippen molar-refractivity contribution in [1.29, 1.82) is 0 Å². The number of rotatable bonds is 3. The van der Waals surface area contributed by atoms with Crippen LogP contribution in [-0.2, 0) is 9.53 Å². The molecular weight excluding hydrogens is 258 g/mol. The second kappa shape index (κ2) is 6.55. The molecule has 1 aromatic rings. The van der Waals surface area contributed by atoms with Crippen LogP contribution < -0.4 is 0 Å². The molecule has 1 heterocycles. The maximum atomic E-state index is 12.3. The average molecular weight is 279 g/mol. The maximum Gasteiger partial charge on any atom is 0.210 e. The molecule has 2 rings (SSSR count). The van der Waals surface area contributed by atoms with Gasteiger partial charge in [-0.2, -0.15) is 0 Å². The lowest BCUT2D eigenvalue weighted by molar-refractivity contribution is -0.116. The molecular formula is C15H21NO2S. The highest BCUT2D eigenvalue weighted by Crippen LogP contribution is 2.26. The van der Waals surface area contributed by atoms with Gasteiger partial charge in [0.2, 0.25) is 5.12 Å². The predicted octanol–water partition coefficient (Wildman–Crippen LogP) is 2.64. The van der Waals surface area contributed by atoms with Crippen LogP contribution in [0.4, 0.5) is 0 Å². The first-order valence-electron chi connectivity index (χ1n) is 6.68. The van der Waals surface area contributed by atoms with Crippen molar-refractivity contribution in [2.75, 3.05) is 26.3 Å². The molecule has 0 bridgehead atoms. The van der Waals surface area contributed by atoms with Crippen molar-refractivity contribution < 1.29 is 9.53 Å². The van der Waals surface area contributed by atoms with E-state index in [0.717, 1.165) is 31.2 Å². The molecule has 1 atom stereocenters. The van der Waals surface area contributed by atoms with Crippen LogP contribution in [0.1, 0.15) is 18.1 Å². The standard InChI is InChI=1S/C15H21NO2S/c1-11-4-5-14(12(2)10-11)19-15(17)13(3)16-6-8-18-9-7-16/h4-5,10,13H,6-9H2,1-3H3. The molecule has 1 fully saturated rings. The first-order chi connectivity index (χ1) is 9.08. The zero-order chi connectivity index (χ0) is 13.8. The molecule has 0 spiro atoms. The highest BCUT2D eigenvalue weighted by molar-refractivity contribution is 8.13. The summed E-state index contributed by atoms with van der Waals surface area (Å²) < 4.78 is 5.32. The average Bonchev–Trinajstić information content (AvgIpc) is 2.42. The van der Waals surface area contributed by atoms with Gasteiger partial charge in [0.25, 0.3) is 0 Å². The number of carbonyl (C=O) groups excluding carboxylic acids is 1. The van der Waals surface area contributed by atoms with Gasteiger partial charge in [-0.05, 0) is 44.2 Å². The molecule has 1 aliphatic heterocycles. The fraction of sp³-hybridized carbons (Fsp3) is 0.533. The summed E-state index contributed by atoms with van der Waals surface area (Å²) in [4.78, 5) is 15.6. The third-order valence-corrected chi connectivity index (χ3v) is 4.70. The summed E-state index contributed by atoms with van der Waals surface area (Å²) in [6.07, 6.45) is 0. The highest BCUT2D eigenvalue weighted by atomic mass is 32.2. The second-order valence-electron chi connectivity index (χ2n) is 5.01. The molecule has 0 amide bonds. The van der Waals surface area contributed by atoms with E-state index in [1.54, 1.807) is 0 Å². The summed E-state index contributed by atoms with van der Waals surface area (Å²) in [6.45, 7) is 9.27. The first-order valence-corrected chi connectivity index (χ1v) is 7.50. The van der Waals surface area contributed by atoms with Crippen LogP contribution >= 0.6 is 11.8 Å². The number of benzene rings is 1. The number of thioether (sulfide) groups is 1. The van der Waals surface area contributed by atoms with Gasteiger partial charge in [-0.25, -0.2) is 0 Å². The van der Waals surface area contributed by atoms with E-state index in [2.05, 4.69) is 30.9 Å². The predicted molar refractivity (Wildman–Crippen MR) is 78.6 cm³/mol. The molecule has 0 aromatic heterocycles. The normalized spacial score (nSPS) is 18.3. The number of ether oxygens (including phenoxy) is 1. The van der Waals surface area contributed by atoms with E-state index >= 15 is 0 Å². The molecule has 0 aliphatic carbocycles. The van der Waals surface area contributed by atoms with E-state index in [0.29, 0.717) is 0 Å². The van der Waals surface area contributed by atoms with Gasteiger partial charge in [0.1, 0.15) is 0 Å². The monoisotopic (exact) mass is 279 g/mol. The summed E-state index contributed by atoms with van der Waals surface area (Å²) in [7, 11) is 0. The SMILES string of the molecule is Cc1ccc(SC(=O)C(C)N2CCOCC2)c(C)c1. The number of hydrogen-bond acceptors (Lipinski definition) is 4. The molecule has 19 heavy (non-hydrogen) atoms. The summed E-state index contributed by atoms with van der Waals surface area (Å²) in [6, 6.07) is 6.17. The maximum absolute atomic E-state index is 12.3. The number of aryl methyl sites for hydroxylation is 2. The van der Waals surface area contributed by atoms with Gasteiger partial charge in [-0.1, -0.05) is 17.7 Å². The zero-order valence-corrected chi connectivity index (χ0v) is 12.6. The Bertz CT molecular complexity index is 455. The Labute approximate surface area is 119 Å². The van der Waals surface area contributed by atoms with Gasteiger partial charge in [-0.3, -0.25) is 9.69 Å². The topological polar surface area (TPSA) is 29.5 Å². The lowest BCUT2D eigenvalue weighted by Crippen LogP contribution is -2.45. The van der Waals surface area contributed by atoms with Crippen molar-refractivity contribution in [1.82, 2.24) is 4.90 Å². The number of morpholine rings is 1. The van der Waals surface area contributed by atoms with E-state index < -0.39 is 0 Å². The van der Waals surface area contributed by atoms with Crippen LogP contribution in [0.3, 0.4) is 0 Å². The van der Waals surface area contributed by atoms with E-state index in [-0.39, 0.29) is 11.2 Å². The summed E-state index contributed by atoms with van der Waals surface area (Å²) in [5.41, 5.74) is 2.41. The van der Waals surface area contributed by atoms with Gasteiger partial charge in [0.15, 0.2) is 0 Å². The van der Waals surface area contributed by atoms with Crippen molar-refractivity contribution in [3.63, 3.8) is 0 Å². The molecule has 1 aliphatic rings. The quantitative estimate of drug-likeness (QED) is 0.796. The molecule has 0 saturated carbocycles. The smallest absolute Gasteiger partial charge is 0.210 e. The third-order valence-electron chi connectivity index (χ3n) is 3.48. The van der Waals surface area contributed by atoms with Gasteiger partial charge >= 0.3 is 0 Å². The number of hydrogen-bond donors (Lipinski definition) is 0. The van der Waals surface area contributed by atoms with Crippen LogP contribution in [0.15, 0.2) is 23.1 Å². The van der Waals surface area contributed by atoms with Crippen molar-refractivity contribution >= 4 is 16.9 Å². The Hall–Kier alpha value is -0.840. The number of carbonyl (C=O) groups is 1. The molecule has 4 heteroatoms. The van der Waals surface area contributed by atoms with Crippen molar-refractivity contribution in [2.24, 2.45) is 0 Å². The Balaban J connectivity index is 1.99. The fourth-order valence-corrected chi connectivity index (χ4v) is 3.11. The van der Waals surface area contributed by atoms with E-state index in [1.807, 2.05) is 13.0 Å². The molecule has 0 N–H and O–H groups in total. The lowest BCUT2D eigenvalue weighted by Gasteiger charge is -2.31. The van der Waals surface area contributed by atoms with E-state index in [9.17, 15) is 4.79 Å². The van der Waals surface area contributed by atoms with Gasteiger partial charge in [0.05, 0.1) is 19.3 Å². The minimum absolute atomic E-state index is 0.0467. The summed E-state index contributed by atoms with van der Waals surface area (Å²) in [5, 5.41) is 0.217. The minimum atomic E-state index is -0.0467. The van der Waals surface area contributed by atoms with Crippen molar-refractivity contribution in [3.05, 3.63) is 29.3 Å². The lowest BCUT2D eigenvalue weighted by atomic mass is 10.2. The second-order valence-corrected chi connectivity index (χ2v) is 6.06. The Morgan fingerprint density at radius 2 is 2.00 bits per heavy atom. The van der Waals surface area contributed by atoms with Crippen LogP contribution in [0, 0.1) is 13.8 Å². The Morgan fingerprint density at radius 3 is 2.63 bits per heavy atom. The Kier molecular flexibility index (Phi) is 5.02. The van der Waals surface area contributed by atoms with Gasteiger partial charge < -0.3 is 4.74 Å². The first kappa shape index (κ1) is 14.6.